The summed E-state index contributed by atoms with van der Waals surface area (Å²) in [5, 5.41) is 10.3. The molecule has 0 aromatic heterocycles. The molecule has 7 heteroatoms. The van der Waals surface area contributed by atoms with E-state index >= 15 is 0 Å². The van der Waals surface area contributed by atoms with Gasteiger partial charge in [0.15, 0.2) is 6.29 Å². The molecule has 1 saturated heterocycles. The van der Waals surface area contributed by atoms with Gasteiger partial charge in [0.25, 0.3) is 0 Å². The zero-order valence-electron chi connectivity index (χ0n) is 15.0. The van der Waals surface area contributed by atoms with Crippen LogP contribution in [0.5, 0.6) is 17.2 Å². The van der Waals surface area contributed by atoms with Gasteiger partial charge in [0.2, 0.25) is 0 Å². The maximum atomic E-state index is 11.5. The molecule has 138 valence electrons. The van der Waals surface area contributed by atoms with Crippen molar-refractivity contribution in [3.05, 3.63) is 29.8 Å². The molecule has 7 nitrogen and oxygen atoms in total. The van der Waals surface area contributed by atoms with Crippen molar-refractivity contribution in [1.29, 1.82) is 0 Å². The maximum absolute atomic E-state index is 11.5. The smallest absolute Gasteiger partial charge is 0.333 e. The lowest BCUT2D eigenvalue weighted by atomic mass is 9.93. The average Bonchev–Trinajstić information content (AvgIpc) is 2.60. The number of carbonyl (C=O) groups is 1. The molecule has 0 spiro atoms. The highest BCUT2D eigenvalue weighted by molar-refractivity contribution is 5.86. The van der Waals surface area contributed by atoms with Crippen molar-refractivity contribution >= 4 is 5.97 Å². The lowest BCUT2D eigenvalue weighted by Gasteiger charge is -2.37. The number of ether oxygens (including phenoxy) is 5. The fourth-order valence-corrected chi connectivity index (χ4v) is 2.37. The Kier molecular flexibility index (Phi) is 5.92. The topological polar surface area (TPSA) is 83.5 Å². The van der Waals surface area contributed by atoms with E-state index in [1.54, 1.807) is 13.0 Å². The van der Waals surface area contributed by atoms with E-state index < -0.39 is 17.7 Å². The van der Waals surface area contributed by atoms with E-state index in [0.717, 1.165) is 0 Å². The molecule has 1 N–H and O–H groups in total. The third-order valence-electron chi connectivity index (χ3n) is 3.85. The van der Waals surface area contributed by atoms with Crippen LogP contribution in [-0.4, -0.2) is 45.1 Å². The van der Waals surface area contributed by atoms with Gasteiger partial charge >= 0.3 is 5.97 Å². The first-order valence-corrected chi connectivity index (χ1v) is 7.80. The summed E-state index contributed by atoms with van der Waals surface area (Å²) < 4.78 is 27.1. The largest absolute Gasteiger partial charge is 0.507 e. The molecule has 1 heterocycles. The van der Waals surface area contributed by atoms with E-state index in [4.69, 9.17) is 23.7 Å². The number of aromatic hydroxyl groups is 1. The highest BCUT2D eigenvalue weighted by Gasteiger charge is 2.37. The first kappa shape index (κ1) is 19.1. The van der Waals surface area contributed by atoms with Gasteiger partial charge < -0.3 is 28.8 Å². The molecule has 1 aromatic carbocycles. The summed E-state index contributed by atoms with van der Waals surface area (Å²) in [6.45, 7) is 7.75. The molecule has 0 saturated carbocycles. The molecule has 0 bridgehead atoms. The molecule has 25 heavy (non-hydrogen) atoms. The van der Waals surface area contributed by atoms with Crippen LogP contribution in [0.1, 0.15) is 25.7 Å². The molecule has 0 amide bonds. The molecule has 1 aromatic rings. The minimum absolute atomic E-state index is 0.0430. The van der Waals surface area contributed by atoms with Crippen molar-refractivity contribution in [3.8, 4) is 17.2 Å². The Bertz CT molecular complexity index is 645. The number of carbonyl (C=O) groups excluding carboxylic acids is 1. The number of esters is 1. The van der Waals surface area contributed by atoms with E-state index in [-0.39, 0.29) is 25.6 Å². The van der Waals surface area contributed by atoms with Crippen LogP contribution in [0.25, 0.3) is 0 Å². The Morgan fingerprint density at radius 3 is 2.48 bits per heavy atom. The number of hydrogen-bond donors (Lipinski definition) is 1. The van der Waals surface area contributed by atoms with Crippen LogP contribution < -0.4 is 9.47 Å². The number of methoxy groups -OCH3 is 2. The van der Waals surface area contributed by atoms with Gasteiger partial charge in [-0.1, -0.05) is 13.5 Å². The van der Waals surface area contributed by atoms with E-state index in [2.05, 4.69) is 6.58 Å². The Labute approximate surface area is 147 Å². The molecule has 0 aliphatic carbocycles. The number of hydrogen-bond acceptors (Lipinski definition) is 7. The molecule has 2 rings (SSSR count). The minimum Gasteiger partial charge on any atom is -0.507 e. The number of phenolic OH excluding ortho intramolecular Hbond substituents is 1. The zero-order chi connectivity index (χ0) is 18.6. The quantitative estimate of drug-likeness (QED) is 0.622. The second kappa shape index (κ2) is 7.76. The molecule has 1 aliphatic rings. The fourth-order valence-electron chi connectivity index (χ4n) is 2.37. The van der Waals surface area contributed by atoms with Crippen molar-refractivity contribution < 1.29 is 33.6 Å². The summed E-state index contributed by atoms with van der Waals surface area (Å²) in [6, 6.07) is 3.11. The average molecular weight is 352 g/mol. The standard InChI is InChI=1S/C18H24O7/c1-11(2)16(20)23-8-18(3)9-24-17(25-10-18)15-13(19)6-12(21-4)7-14(15)22-5/h6-7,17,19H,1,8-10H2,2-5H3. The molecule has 0 radical (unpaired) electrons. The molecular formula is C18H24O7. The van der Waals surface area contributed by atoms with Gasteiger partial charge in [-0.25, -0.2) is 4.79 Å². The summed E-state index contributed by atoms with van der Waals surface area (Å²) in [5.74, 6) is 0.376. The lowest BCUT2D eigenvalue weighted by molar-refractivity contribution is -0.239. The van der Waals surface area contributed by atoms with Crippen LogP contribution in [0.4, 0.5) is 0 Å². The van der Waals surface area contributed by atoms with E-state index in [1.807, 2.05) is 6.92 Å². The SMILES string of the molecule is C=C(C)C(=O)OCC1(C)COC(c2c(O)cc(OC)cc2OC)OC1. The van der Waals surface area contributed by atoms with Crippen molar-refractivity contribution in [3.63, 3.8) is 0 Å². The first-order valence-electron chi connectivity index (χ1n) is 7.80. The summed E-state index contributed by atoms with van der Waals surface area (Å²) in [4.78, 5) is 11.5. The third-order valence-corrected chi connectivity index (χ3v) is 3.85. The van der Waals surface area contributed by atoms with E-state index in [1.165, 1.54) is 20.3 Å². The van der Waals surface area contributed by atoms with Gasteiger partial charge in [-0.2, -0.15) is 0 Å². The predicted octanol–water partition coefficient (Wildman–Crippen LogP) is 2.58. The molecule has 0 unspecified atom stereocenters. The van der Waals surface area contributed by atoms with Crippen LogP contribution in [0, 0.1) is 5.41 Å². The van der Waals surface area contributed by atoms with Gasteiger partial charge in [-0.15, -0.1) is 0 Å². The third kappa shape index (κ3) is 4.43. The van der Waals surface area contributed by atoms with Gasteiger partial charge in [0, 0.05) is 23.1 Å². The van der Waals surface area contributed by atoms with Gasteiger partial charge in [0.1, 0.15) is 23.9 Å². The van der Waals surface area contributed by atoms with Gasteiger partial charge in [0.05, 0.1) is 33.0 Å². The van der Waals surface area contributed by atoms with Gasteiger partial charge in [-0.05, 0) is 6.92 Å². The Morgan fingerprint density at radius 1 is 1.32 bits per heavy atom. The minimum atomic E-state index is -0.786. The highest BCUT2D eigenvalue weighted by Crippen LogP contribution is 2.42. The monoisotopic (exact) mass is 352 g/mol. The maximum Gasteiger partial charge on any atom is 0.333 e. The van der Waals surface area contributed by atoms with Crippen molar-refractivity contribution in [2.75, 3.05) is 34.0 Å². The van der Waals surface area contributed by atoms with Crippen LogP contribution in [0.15, 0.2) is 24.3 Å². The highest BCUT2D eigenvalue weighted by atomic mass is 16.7. The first-order chi connectivity index (χ1) is 11.8. The van der Waals surface area contributed by atoms with Crippen molar-refractivity contribution in [1.82, 2.24) is 0 Å². The van der Waals surface area contributed by atoms with Crippen LogP contribution in [0.3, 0.4) is 0 Å². The summed E-state index contributed by atoms with van der Waals surface area (Å²) in [6.07, 6.45) is -0.786. The number of phenols is 1. The van der Waals surface area contributed by atoms with E-state index in [0.29, 0.717) is 22.6 Å². The Balaban J connectivity index is 2.07. The summed E-state index contributed by atoms with van der Waals surface area (Å²) in [7, 11) is 2.99. The number of benzene rings is 1. The second-order valence-electron chi connectivity index (χ2n) is 6.38. The molecule has 1 fully saturated rings. The molecule has 0 atom stereocenters. The zero-order valence-corrected chi connectivity index (χ0v) is 15.0. The second-order valence-corrected chi connectivity index (χ2v) is 6.38. The predicted molar refractivity (Wildman–Crippen MR) is 89.7 cm³/mol. The van der Waals surface area contributed by atoms with E-state index in [9.17, 15) is 9.90 Å². The summed E-state index contributed by atoms with van der Waals surface area (Å²) in [5.41, 5.74) is 0.244. The summed E-state index contributed by atoms with van der Waals surface area (Å²) >= 11 is 0. The van der Waals surface area contributed by atoms with Crippen LogP contribution in [0.2, 0.25) is 0 Å². The fraction of sp³-hybridized carbons (Fsp3) is 0.500. The molecular weight excluding hydrogens is 328 g/mol. The van der Waals surface area contributed by atoms with Crippen LogP contribution >= 0.6 is 0 Å². The van der Waals surface area contributed by atoms with Crippen LogP contribution in [-0.2, 0) is 19.0 Å². The Hall–Kier alpha value is -2.25. The Morgan fingerprint density at radius 2 is 1.96 bits per heavy atom. The number of rotatable bonds is 6. The molecule has 1 aliphatic heterocycles. The lowest BCUT2D eigenvalue weighted by Crippen LogP contribution is -2.40. The van der Waals surface area contributed by atoms with Gasteiger partial charge in [-0.3, -0.25) is 0 Å². The van der Waals surface area contributed by atoms with Crippen molar-refractivity contribution in [2.24, 2.45) is 5.41 Å². The van der Waals surface area contributed by atoms with Crippen molar-refractivity contribution in [2.45, 2.75) is 20.1 Å². The normalized spacial score (nSPS) is 23.0.